The van der Waals surface area contributed by atoms with Gasteiger partial charge in [-0.1, -0.05) is 30.3 Å². The molecule has 0 spiro atoms. The minimum absolute atomic E-state index is 0.0427. The smallest absolute Gasteiger partial charge is 0.312 e. The zero-order valence-corrected chi connectivity index (χ0v) is 20.6. The highest BCUT2D eigenvalue weighted by Crippen LogP contribution is 2.53. The van der Waals surface area contributed by atoms with Crippen LogP contribution in [-0.4, -0.2) is 36.4 Å². The van der Waals surface area contributed by atoms with Crippen LogP contribution in [0.25, 0.3) is 22.3 Å². The molecule has 1 atom stereocenters. The van der Waals surface area contributed by atoms with Gasteiger partial charge >= 0.3 is 11.9 Å². The largest absolute Gasteiger partial charge is 0.504 e. The minimum atomic E-state index is -0.830. The monoisotopic (exact) mass is 518 g/mol. The first-order valence-electron chi connectivity index (χ1n) is 11.5. The summed E-state index contributed by atoms with van der Waals surface area (Å²) in [5, 5.41) is 21.2. The van der Waals surface area contributed by atoms with Crippen molar-refractivity contribution in [3.05, 3.63) is 69.9 Å². The molecular weight excluding hydrogens is 496 g/mol. The van der Waals surface area contributed by atoms with E-state index in [2.05, 4.69) is 0 Å². The van der Waals surface area contributed by atoms with E-state index in [1.807, 2.05) is 6.07 Å². The highest BCUT2D eigenvalue weighted by molar-refractivity contribution is 5.96. The van der Waals surface area contributed by atoms with E-state index in [-0.39, 0.29) is 51.7 Å². The molecule has 194 valence electrons. The summed E-state index contributed by atoms with van der Waals surface area (Å²) in [7, 11) is 2.75. The van der Waals surface area contributed by atoms with Crippen molar-refractivity contribution in [3.63, 3.8) is 0 Å². The highest BCUT2D eigenvalue weighted by atomic mass is 16.6. The summed E-state index contributed by atoms with van der Waals surface area (Å²) in [6.45, 7) is 1.23. The van der Waals surface area contributed by atoms with Gasteiger partial charge in [0.2, 0.25) is 11.5 Å². The normalized spacial score (nSPS) is 14.5. The Morgan fingerprint density at radius 3 is 2.24 bits per heavy atom. The van der Waals surface area contributed by atoms with Crippen LogP contribution in [0.2, 0.25) is 0 Å². The van der Waals surface area contributed by atoms with Crippen LogP contribution in [-0.2, 0) is 9.59 Å². The van der Waals surface area contributed by atoms with Crippen LogP contribution in [0.5, 0.6) is 34.5 Å². The molecule has 0 saturated heterocycles. The summed E-state index contributed by atoms with van der Waals surface area (Å²) in [5.74, 6) is -3.42. The van der Waals surface area contributed by atoms with Gasteiger partial charge in [-0.05, 0) is 17.7 Å². The molecule has 0 amide bonds. The third-order valence-corrected chi connectivity index (χ3v) is 6.24. The van der Waals surface area contributed by atoms with E-state index in [1.165, 1.54) is 27.2 Å². The van der Waals surface area contributed by atoms with Crippen molar-refractivity contribution >= 4 is 22.9 Å². The Balaban J connectivity index is 1.83. The van der Waals surface area contributed by atoms with E-state index in [1.54, 1.807) is 36.4 Å². The number of carbonyl (C=O) groups is 2. The SMILES string of the molecule is COc1cc(C2CC(=O)Oc3c(O)c(O)c4c(=O)cc(-c5ccccc5)oc4c32)cc(OC)c1OC(C)=O. The number of rotatable bonds is 5. The van der Waals surface area contributed by atoms with Gasteiger partial charge < -0.3 is 33.6 Å². The molecule has 0 saturated carbocycles. The first-order valence-corrected chi connectivity index (χ1v) is 11.5. The molecule has 1 unspecified atom stereocenters. The predicted octanol–water partition coefficient (Wildman–Crippen LogP) is 4.25. The van der Waals surface area contributed by atoms with E-state index >= 15 is 0 Å². The van der Waals surface area contributed by atoms with Gasteiger partial charge in [0.1, 0.15) is 16.7 Å². The second-order valence-electron chi connectivity index (χ2n) is 8.56. The molecule has 2 N–H and O–H groups in total. The molecule has 4 aromatic rings. The summed E-state index contributed by atoms with van der Waals surface area (Å²) in [4.78, 5) is 37.5. The molecule has 2 heterocycles. The van der Waals surface area contributed by atoms with E-state index in [0.717, 1.165) is 0 Å². The summed E-state index contributed by atoms with van der Waals surface area (Å²) >= 11 is 0. The van der Waals surface area contributed by atoms with Crippen molar-refractivity contribution in [1.82, 2.24) is 0 Å². The quantitative estimate of drug-likeness (QED) is 0.224. The van der Waals surface area contributed by atoms with Crippen LogP contribution >= 0.6 is 0 Å². The average Bonchev–Trinajstić information content (AvgIpc) is 2.91. The van der Waals surface area contributed by atoms with Crippen LogP contribution < -0.4 is 24.4 Å². The number of esters is 2. The Labute approximate surface area is 215 Å². The first kappa shape index (κ1) is 24.7. The Bertz CT molecular complexity index is 1630. The minimum Gasteiger partial charge on any atom is -0.504 e. The van der Waals surface area contributed by atoms with Crippen molar-refractivity contribution < 1.29 is 43.2 Å². The number of ether oxygens (including phenoxy) is 4. The number of benzene rings is 3. The lowest BCUT2D eigenvalue weighted by Crippen LogP contribution is -2.22. The standard InChI is InChI=1S/C28H22O10/c1-13(29)36-26-19(34-2)9-15(10-20(26)35-3)16-11-21(31)38-28-22(16)27-23(24(32)25(28)33)17(30)12-18(37-27)14-7-5-4-6-8-14/h4-10,12,16,32-33H,11H2,1-3H3. The lowest BCUT2D eigenvalue weighted by atomic mass is 9.84. The van der Waals surface area contributed by atoms with Crippen LogP contribution in [0.1, 0.15) is 30.4 Å². The van der Waals surface area contributed by atoms with Gasteiger partial charge in [0.25, 0.3) is 0 Å². The number of carbonyl (C=O) groups excluding carboxylic acids is 2. The van der Waals surface area contributed by atoms with Crippen molar-refractivity contribution in [2.24, 2.45) is 0 Å². The van der Waals surface area contributed by atoms with E-state index in [0.29, 0.717) is 11.1 Å². The average molecular weight is 518 g/mol. The molecule has 5 rings (SSSR count). The van der Waals surface area contributed by atoms with Gasteiger partial charge in [0.15, 0.2) is 28.4 Å². The first-order chi connectivity index (χ1) is 18.2. The van der Waals surface area contributed by atoms with Crippen LogP contribution in [0.15, 0.2) is 57.7 Å². The summed E-state index contributed by atoms with van der Waals surface area (Å²) in [6, 6.07) is 13.2. The molecule has 0 radical (unpaired) electrons. The highest BCUT2D eigenvalue weighted by Gasteiger charge is 2.37. The lowest BCUT2D eigenvalue weighted by molar-refractivity contribution is -0.135. The van der Waals surface area contributed by atoms with Gasteiger partial charge in [0, 0.05) is 24.5 Å². The molecule has 38 heavy (non-hydrogen) atoms. The molecule has 0 bridgehead atoms. The molecule has 1 aliphatic rings. The van der Waals surface area contributed by atoms with Gasteiger partial charge in [0.05, 0.1) is 26.2 Å². The molecule has 0 fully saturated rings. The maximum atomic E-state index is 13.2. The number of methoxy groups -OCH3 is 2. The molecule has 1 aliphatic heterocycles. The number of hydrogen-bond acceptors (Lipinski definition) is 10. The number of phenolic OH excluding ortho intramolecular Hbond substituents is 2. The topological polar surface area (TPSA) is 142 Å². The Morgan fingerprint density at radius 1 is 0.974 bits per heavy atom. The van der Waals surface area contributed by atoms with Gasteiger partial charge in [-0.25, -0.2) is 0 Å². The van der Waals surface area contributed by atoms with Gasteiger partial charge in [-0.15, -0.1) is 0 Å². The zero-order valence-electron chi connectivity index (χ0n) is 20.6. The number of hydrogen-bond donors (Lipinski definition) is 2. The van der Waals surface area contributed by atoms with Crippen molar-refractivity contribution in [3.8, 4) is 45.8 Å². The van der Waals surface area contributed by atoms with E-state index in [4.69, 9.17) is 23.4 Å². The number of fused-ring (bicyclic) bond motifs is 3. The zero-order chi connectivity index (χ0) is 27.1. The third kappa shape index (κ3) is 4.05. The van der Waals surface area contributed by atoms with Crippen LogP contribution in [0, 0.1) is 0 Å². The van der Waals surface area contributed by atoms with E-state index in [9.17, 15) is 24.6 Å². The molecule has 0 aliphatic carbocycles. The summed E-state index contributed by atoms with van der Waals surface area (Å²) in [6.07, 6.45) is -0.204. The molecule has 10 nitrogen and oxygen atoms in total. The Hall–Kier alpha value is -4.99. The van der Waals surface area contributed by atoms with Crippen molar-refractivity contribution in [2.45, 2.75) is 19.3 Å². The third-order valence-electron chi connectivity index (χ3n) is 6.24. The Morgan fingerprint density at radius 2 is 1.63 bits per heavy atom. The fourth-order valence-corrected chi connectivity index (χ4v) is 4.58. The van der Waals surface area contributed by atoms with Crippen LogP contribution in [0.4, 0.5) is 0 Å². The fraction of sp³-hybridized carbons (Fsp3) is 0.179. The Kier molecular flexibility index (Phi) is 6.15. The van der Waals surface area contributed by atoms with Crippen molar-refractivity contribution in [1.29, 1.82) is 0 Å². The maximum absolute atomic E-state index is 13.2. The molecule has 10 heteroatoms. The summed E-state index contributed by atoms with van der Waals surface area (Å²) in [5.41, 5.74) is 0.574. The van der Waals surface area contributed by atoms with Crippen molar-refractivity contribution in [2.75, 3.05) is 14.2 Å². The number of phenols is 2. The van der Waals surface area contributed by atoms with Gasteiger partial charge in [-0.3, -0.25) is 14.4 Å². The molecule has 3 aromatic carbocycles. The fourth-order valence-electron chi connectivity index (χ4n) is 4.58. The molecule has 1 aromatic heterocycles. The van der Waals surface area contributed by atoms with Gasteiger partial charge in [-0.2, -0.15) is 0 Å². The summed E-state index contributed by atoms with van der Waals surface area (Å²) < 4.78 is 27.6. The van der Waals surface area contributed by atoms with E-state index < -0.39 is 34.8 Å². The lowest BCUT2D eigenvalue weighted by Gasteiger charge is -2.27. The molecular formula is C28H22O10. The predicted molar refractivity (Wildman–Crippen MR) is 134 cm³/mol. The maximum Gasteiger partial charge on any atom is 0.312 e. The second kappa shape index (κ2) is 9.47. The number of aromatic hydroxyl groups is 2. The second-order valence-corrected chi connectivity index (χ2v) is 8.56. The van der Waals surface area contributed by atoms with Crippen LogP contribution in [0.3, 0.4) is 0 Å².